The minimum Gasteiger partial charge on any atom is -0.497 e. The predicted octanol–water partition coefficient (Wildman–Crippen LogP) is 4.69. The first-order valence-electron chi connectivity index (χ1n) is 11.7. The summed E-state index contributed by atoms with van der Waals surface area (Å²) < 4.78 is 16.5. The van der Waals surface area contributed by atoms with Crippen LogP contribution < -0.4 is 25.0 Å². The highest BCUT2D eigenvalue weighted by molar-refractivity contribution is 6.15. The quantitative estimate of drug-likeness (QED) is 0.382. The van der Waals surface area contributed by atoms with E-state index in [9.17, 15) is 14.4 Å². The Kier molecular flexibility index (Phi) is 6.51. The maximum atomic E-state index is 13.3. The van der Waals surface area contributed by atoms with Gasteiger partial charge in [0.25, 0.3) is 5.91 Å². The number of rotatable bonds is 7. The first kappa shape index (κ1) is 23.9. The molecule has 3 aromatic carbocycles. The van der Waals surface area contributed by atoms with Gasteiger partial charge in [0.05, 0.1) is 25.8 Å². The SMILES string of the molecule is COc1ccc(OC)c(NC(=O)c2oc3ccccc3c2NC(=O)[C@@H]2CC(=O)N(c3ccccc3)C2)c1. The van der Waals surface area contributed by atoms with Gasteiger partial charge >= 0.3 is 0 Å². The molecule has 4 aromatic rings. The van der Waals surface area contributed by atoms with Gasteiger partial charge < -0.3 is 29.4 Å². The molecule has 2 N–H and O–H groups in total. The molecule has 9 heteroatoms. The molecular weight excluding hydrogens is 474 g/mol. The molecule has 9 nitrogen and oxygen atoms in total. The van der Waals surface area contributed by atoms with E-state index in [1.54, 1.807) is 47.4 Å². The number of fused-ring (bicyclic) bond motifs is 1. The summed E-state index contributed by atoms with van der Waals surface area (Å²) in [4.78, 5) is 40.9. The number of nitrogens with zero attached hydrogens (tertiary/aromatic N) is 1. The predicted molar refractivity (Wildman–Crippen MR) is 139 cm³/mol. The molecule has 2 heterocycles. The van der Waals surface area contributed by atoms with E-state index in [2.05, 4.69) is 10.6 Å². The highest BCUT2D eigenvalue weighted by Gasteiger charge is 2.36. The first-order chi connectivity index (χ1) is 18.0. The molecule has 0 unspecified atom stereocenters. The van der Waals surface area contributed by atoms with Gasteiger partial charge in [-0.25, -0.2) is 0 Å². The van der Waals surface area contributed by atoms with Crippen LogP contribution in [0.1, 0.15) is 17.0 Å². The van der Waals surface area contributed by atoms with Crippen molar-refractivity contribution in [2.24, 2.45) is 5.92 Å². The number of nitrogens with one attached hydrogen (secondary N) is 2. The van der Waals surface area contributed by atoms with Crippen molar-refractivity contribution in [3.05, 3.63) is 78.6 Å². The molecule has 0 aliphatic carbocycles. The average Bonchev–Trinajstić information content (AvgIpc) is 3.50. The fraction of sp³-hybridized carbons (Fsp3) is 0.179. The molecule has 1 aliphatic rings. The zero-order valence-electron chi connectivity index (χ0n) is 20.3. The van der Waals surface area contributed by atoms with E-state index in [-0.39, 0.29) is 36.2 Å². The van der Waals surface area contributed by atoms with Gasteiger partial charge in [-0.15, -0.1) is 0 Å². The van der Waals surface area contributed by atoms with E-state index in [1.807, 2.05) is 30.3 Å². The molecule has 1 atom stereocenters. The molecule has 188 valence electrons. The van der Waals surface area contributed by atoms with E-state index in [1.165, 1.54) is 14.2 Å². The zero-order valence-corrected chi connectivity index (χ0v) is 20.3. The summed E-state index contributed by atoms with van der Waals surface area (Å²) in [6.07, 6.45) is 0.0685. The Bertz CT molecular complexity index is 1480. The van der Waals surface area contributed by atoms with Crippen molar-refractivity contribution in [3.8, 4) is 11.5 Å². The van der Waals surface area contributed by atoms with Crippen molar-refractivity contribution >= 4 is 45.8 Å². The highest BCUT2D eigenvalue weighted by atomic mass is 16.5. The van der Waals surface area contributed by atoms with Gasteiger partial charge in [-0.3, -0.25) is 14.4 Å². The number of hydrogen-bond acceptors (Lipinski definition) is 6. The molecule has 1 fully saturated rings. The minimum atomic E-state index is -0.587. The van der Waals surface area contributed by atoms with Crippen LogP contribution >= 0.6 is 0 Å². The van der Waals surface area contributed by atoms with Gasteiger partial charge in [-0.1, -0.05) is 30.3 Å². The normalized spacial score (nSPS) is 15.0. The van der Waals surface area contributed by atoms with E-state index < -0.39 is 11.8 Å². The molecule has 0 radical (unpaired) electrons. The Morgan fingerprint density at radius 2 is 1.70 bits per heavy atom. The van der Waals surface area contributed by atoms with Crippen molar-refractivity contribution < 1.29 is 28.3 Å². The molecule has 1 aliphatic heterocycles. The number of methoxy groups -OCH3 is 2. The fourth-order valence-corrected chi connectivity index (χ4v) is 4.39. The summed E-state index contributed by atoms with van der Waals surface area (Å²) in [5.74, 6) is -0.770. The van der Waals surface area contributed by atoms with Crippen LogP contribution in [0.2, 0.25) is 0 Å². The topological polar surface area (TPSA) is 110 Å². The van der Waals surface area contributed by atoms with Crippen molar-refractivity contribution in [3.63, 3.8) is 0 Å². The van der Waals surface area contributed by atoms with Crippen molar-refractivity contribution in [2.75, 3.05) is 36.3 Å². The van der Waals surface area contributed by atoms with Crippen LogP contribution in [0, 0.1) is 5.92 Å². The number of carbonyl (C=O) groups excluding carboxylic acids is 3. The summed E-state index contributed by atoms with van der Waals surface area (Å²) in [5, 5.41) is 6.21. The fourth-order valence-electron chi connectivity index (χ4n) is 4.39. The number of ether oxygens (including phenoxy) is 2. The molecule has 37 heavy (non-hydrogen) atoms. The van der Waals surface area contributed by atoms with Crippen LogP contribution in [0.25, 0.3) is 11.0 Å². The lowest BCUT2D eigenvalue weighted by atomic mass is 10.1. The minimum absolute atomic E-state index is 0.0661. The maximum Gasteiger partial charge on any atom is 0.293 e. The van der Waals surface area contributed by atoms with Crippen LogP contribution in [0.4, 0.5) is 17.1 Å². The standard InChI is InChI=1S/C28H25N3O6/c1-35-19-12-13-23(36-2)21(15-19)29-28(34)26-25(20-10-6-7-11-22(20)37-26)30-27(33)17-14-24(32)31(16-17)18-8-4-3-5-9-18/h3-13,15,17H,14,16H2,1-2H3,(H,29,34)(H,30,33)/t17-/m1/s1. The number of benzene rings is 3. The smallest absolute Gasteiger partial charge is 0.293 e. The summed E-state index contributed by atoms with van der Waals surface area (Å²) in [5.41, 5.74) is 1.80. The van der Waals surface area contributed by atoms with E-state index >= 15 is 0 Å². The Balaban J connectivity index is 1.42. The Morgan fingerprint density at radius 1 is 0.946 bits per heavy atom. The monoisotopic (exact) mass is 499 g/mol. The summed E-state index contributed by atoms with van der Waals surface area (Å²) in [6.45, 7) is 0.243. The Morgan fingerprint density at radius 3 is 2.46 bits per heavy atom. The molecule has 0 spiro atoms. The van der Waals surface area contributed by atoms with Gasteiger partial charge in [0, 0.05) is 30.1 Å². The second-order valence-corrected chi connectivity index (χ2v) is 8.55. The number of anilines is 3. The van der Waals surface area contributed by atoms with Crippen LogP contribution in [-0.2, 0) is 9.59 Å². The van der Waals surface area contributed by atoms with Gasteiger partial charge in [0.15, 0.2) is 0 Å². The van der Waals surface area contributed by atoms with E-state index in [0.717, 1.165) is 5.69 Å². The zero-order chi connectivity index (χ0) is 25.9. The summed E-state index contributed by atoms with van der Waals surface area (Å²) >= 11 is 0. The van der Waals surface area contributed by atoms with Crippen LogP contribution in [-0.4, -0.2) is 38.5 Å². The van der Waals surface area contributed by atoms with Crippen molar-refractivity contribution in [1.82, 2.24) is 0 Å². The third kappa shape index (κ3) is 4.71. The third-order valence-corrected chi connectivity index (χ3v) is 6.27. The number of carbonyl (C=O) groups is 3. The lowest BCUT2D eigenvalue weighted by Crippen LogP contribution is -2.28. The second-order valence-electron chi connectivity index (χ2n) is 8.55. The lowest BCUT2D eigenvalue weighted by Gasteiger charge is -2.16. The average molecular weight is 500 g/mol. The molecule has 0 saturated carbocycles. The summed E-state index contributed by atoms with van der Waals surface area (Å²) in [6, 6.07) is 21.3. The Hall–Kier alpha value is -4.79. The van der Waals surface area contributed by atoms with Gasteiger partial charge in [-0.05, 0) is 36.4 Å². The molecule has 3 amide bonds. The third-order valence-electron chi connectivity index (χ3n) is 6.27. The van der Waals surface area contributed by atoms with Crippen LogP contribution in [0.5, 0.6) is 11.5 Å². The van der Waals surface area contributed by atoms with E-state index in [0.29, 0.717) is 28.2 Å². The lowest BCUT2D eigenvalue weighted by molar-refractivity contribution is -0.122. The van der Waals surface area contributed by atoms with Crippen molar-refractivity contribution in [1.29, 1.82) is 0 Å². The molecule has 5 rings (SSSR count). The number of para-hydroxylation sites is 2. The number of furan rings is 1. The van der Waals surface area contributed by atoms with Crippen molar-refractivity contribution in [2.45, 2.75) is 6.42 Å². The maximum absolute atomic E-state index is 13.3. The van der Waals surface area contributed by atoms with Crippen LogP contribution in [0.15, 0.2) is 77.2 Å². The summed E-state index contributed by atoms with van der Waals surface area (Å²) in [7, 11) is 3.01. The molecular formula is C28H25N3O6. The largest absolute Gasteiger partial charge is 0.497 e. The highest BCUT2D eigenvalue weighted by Crippen LogP contribution is 2.35. The Labute approximate surface area is 213 Å². The number of hydrogen-bond donors (Lipinski definition) is 2. The molecule has 1 saturated heterocycles. The molecule has 1 aromatic heterocycles. The van der Waals surface area contributed by atoms with Gasteiger partial charge in [-0.2, -0.15) is 0 Å². The van der Waals surface area contributed by atoms with E-state index in [4.69, 9.17) is 13.9 Å². The second kappa shape index (κ2) is 10.1. The molecule has 0 bridgehead atoms. The van der Waals surface area contributed by atoms with Crippen LogP contribution in [0.3, 0.4) is 0 Å². The van der Waals surface area contributed by atoms with Gasteiger partial charge in [0.2, 0.25) is 17.6 Å². The van der Waals surface area contributed by atoms with Gasteiger partial charge in [0.1, 0.15) is 22.8 Å². The first-order valence-corrected chi connectivity index (χ1v) is 11.7. The number of amides is 3.